The van der Waals surface area contributed by atoms with Crippen molar-refractivity contribution >= 4 is 22.4 Å². The number of likely N-dealkylation sites (tertiary alicyclic amines) is 1. The van der Waals surface area contributed by atoms with Crippen LogP contribution in [0.4, 0.5) is 8.78 Å². The quantitative estimate of drug-likeness (QED) is 0.437. The van der Waals surface area contributed by atoms with E-state index in [4.69, 9.17) is 4.74 Å². The number of halogens is 2. The van der Waals surface area contributed by atoms with Gasteiger partial charge in [0.2, 0.25) is 0 Å². The maximum Gasteiger partial charge on any atom is 0.168 e. The molecule has 0 bridgehead atoms. The molecule has 1 aromatic carbocycles. The number of hydrogen-bond acceptors (Lipinski definition) is 4. The first-order valence-corrected chi connectivity index (χ1v) is 10.8. The van der Waals surface area contributed by atoms with E-state index >= 15 is 0 Å². The second kappa shape index (κ2) is 7.81. The van der Waals surface area contributed by atoms with Crippen LogP contribution in [0.25, 0.3) is 32.6 Å². The lowest BCUT2D eigenvalue weighted by Gasteiger charge is -2.12. The van der Waals surface area contributed by atoms with Gasteiger partial charge in [0.25, 0.3) is 0 Å². The molecule has 0 amide bonds. The standard InChI is InChI=1S/C23H21F2N3OS/c1-29-22-17(9-15(24)10-20(22)25)19-12-27-23-18(19)8-14(11-26-23)21-5-4-16(30-21)13-28-6-2-3-7-28/h4-5,8-12H,2-3,6-7,13H2,1H3,(H,26,27). The van der Waals surface area contributed by atoms with Gasteiger partial charge in [0.1, 0.15) is 11.5 Å². The molecule has 4 nitrogen and oxygen atoms in total. The highest BCUT2D eigenvalue weighted by Crippen LogP contribution is 2.39. The molecule has 0 atom stereocenters. The molecule has 3 aromatic heterocycles. The van der Waals surface area contributed by atoms with Gasteiger partial charge < -0.3 is 9.72 Å². The topological polar surface area (TPSA) is 41.1 Å². The van der Waals surface area contributed by atoms with Gasteiger partial charge in [-0.1, -0.05) is 0 Å². The first-order chi connectivity index (χ1) is 14.6. The summed E-state index contributed by atoms with van der Waals surface area (Å²) in [6.45, 7) is 3.31. The third kappa shape index (κ3) is 3.48. The number of fused-ring (bicyclic) bond motifs is 1. The molecule has 1 saturated heterocycles. The van der Waals surface area contributed by atoms with E-state index in [-0.39, 0.29) is 5.75 Å². The van der Waals surface area contributed by atoms with Crippen molar-refractivity contribution in [2.45, 2.75) is 19.4 Å². The Labute approximate surface area is 177 Å². The number of nitrogens with zero attached hydrogens (tertiary/aromatic N) is 2. The van der Waals surface area contributed by atoms with Crippen molar-refractivity contribution in [3.8, 4) is 27.3 Å². The van der Waals surface area contributed by atoms with Crippen molar-refractivity contribution in [1.29, 1.82) is 0 Å². The summed E-state index contributed by atoms with van der Waals surface area (Å²) in [6.07, 6.45) is 6.10. The van der Waals surface area contributed by atoms with E-state index in [1.54, 1.807) is 17.5 Å². The zero-order valence-corrected chi connectivity index (χ0v) is 17.4. The van der Waals surface area contributed by atoms with E-state index in [0.29, 0.717) is 16.8 Å². The van der Waals surface area contributed by atoms with Crippen LogP contribution >= 0.6 is 11.3 Å². The molecule has 5 rings (SSSR count). The lowest BCUT2D eigenvalue weighted by Crippen LogP contribution is -2.17. The zero-order chi connectivity index (χ0) is 20.7. The van der Waals surface area contributed by atoms with Crippen molar-refractivity contribution in [1.82, 2.24) is 14.9 Å². The minimum Gasteiger partial charge on any atom is -0.493 e. The normalized spacial score (nSPS) is 14.6. The van der Waals surface area contributed by atoms with Crippen LogP contribution in [0.2, 0.25) is 0 Å². The number of nitrogens with one attached hydrogen (secondary N) is 1. The summed E-state index contributed by atoms with van der Waals surface area (Å²) in [6, 6.07) is 8.42. The smallest absolute Gasteiger partial charge is 0.168 e. The monoisotopic (exact) mass is 425 g/mol. The highest BCUT2D eigenvalue weighted by atomic mass is 32.1. The third-order valence-corrected chi connectivity index (χ3v) is 6.68. The average molecular weight is 426 g/mol. The number of benzene rings is 1. The van der Waals surface area contributed by atoms with Gasteiger partial charge >= 0.3 is 0 Å². The molecular weight excluding hydrogens is 404 g/mol. The molecule has 4 heterocycles. The number of aromatic nitrogens is 2. The summed E-state index contributed by atoms with van der Waals surface area (Å²) in [7, 11) is 1.38. The molecule has 154 valence electrons. The molecular formula is C23H21F2N3OS. The van der Waals surface area contributed by atoms with Crippen LogP contribution in [-0.2, 0) is 6.54 Å². The first kappa shape index (κ1) is 19.2. The number of ether oxygens (including phenoxy) is 1. The van der Waals surface area contributed by atoms with Crippen LogP contribution in [0.3, 0.4) is 0 Å². The van der Waals surface area contributed by atoms with Crippen LogP contribution in [0.5, 0.6) is 5.75 Å². The highest BCUT2D eigenvalue weighted by Gasteiger charge is 2.18. The highest BCUT2D eigenvalue weighted by molar-refractivity contribution is 7.15. The van der Waals surface area contributed by atoms with Crippen LogP contribution in [0.15, 0.2) is 42.7 Å². The van der Waals surface area contributed by atoms with Gasteiger partial charge in [-0.25, -0.2) is 13.8 Å². The first-order valence-electron chi connectivity index (χ1n) is 9.94. The van der Waals surface area contributed by atoms with Crippen LogP contribution in [0, 0.1) is 11.6 Å². The van der Waals surface area contributed by atoms with Crippen molar-refractivity contribution in [3.63, 3.8) is 0 Å². The predicted molar refractivity (Wildman–Crippen MR) is 116 cm³/mol. The largest absolute Gasteiger partial charge is 0.493 e. The molecule has 0 unspecified atom stereocenters. The molecule has 7 heteroatoms. The van der Waals surface area contributed by atoms with Crippen LogP contribution in [-0.4, -0.2) is 35.1 Å². The number of rotatable bonds is 5. The Morgan fingerprint density at radius 2 is 1.97 bits per heavy atom. The fraction of sp³-hybridized carbons (Fsp3) is 0.261. The summed E-state index contributed by atoms with van der Waals surface area (Å²) >= 11 is 1.76. The number of pyridine rings is 1. The minimum absolute atomic E-state index is 0.0201. The molecule has 0 spiro atoms. The van der Waals surface area contributed by atoms with Gasteiger partial charge in [0.15, 0.2) is 11.6 Å². The second-order valence-corrected chi connectivity index (χ2v) is 8.71. The number of thiophene rings is 1. The molecule has 1 N–H and O–H groups in total. The van der Waals surface area contributed by atoms with Gasteiger partial charge in [0, 0.05) is 56.8 Å². The SMILES string of the molecule is COc1c(F)cc(F)cc1-c1c[nH]c2ncc(-c3ccc(CN4CCCC4)s3)cc12. The molecule has 0 radical (unpaired) electrons. The van der Waals surface area contributed by atoms with Crippen LogP contribution in [0.1, 0.15) is 17.7 Å². The van der Waals surface area contributed by atoms with Gasteiger partial charge in [-0.2, -0.15) is 0 Å². The maximum absolute atomic E-state index is 14.2. The Balaban J connectivity index is 1.54. The summed E-state index contributed by atoms with van der Waals surface area (Å²) in [5, 5.41) is 0.797. The van der Waals surface area contributed by atoms with Crippen molar-refractivity contribution in [3.05, 3.63) is 59.2 Å². The van der Waals surface area contributed by atoms with E-state index in [9.17, 15) is 8.78 Å². The number of H-pyrrole nitrogens is 1. The Bertz CT molecular complexity index is 1210. The number of aromatic amines is 1. The van der Waals surface area contributed by atoms with E-state index in [1.165, 1.54) is 44.0 Å². The van der Waals surface area contributed by atoms with Gasteiger partial charge in [0.05, 0.1) is 7.11 Å². The summed E-state index contributed by atoms with van der Waals surface area (Å²) in [5.41, 5.74) is 2.66. The fourth-order valence-corrected chi connectivity index (χ4v) is 5.14. The van der Waals surface area contributed by atoms with Crippen molar-refractivity contribution in [2.75, 3.05) is 20.2 Å². The summed E-state index contributed by atoms with van der Waals surface area (Å²) in [5.74, 6) is -1.35. The molecule has 1 aliphatic heterocycles. The number of hydrogen-bond donors (Lipinski definition) is 1. The van der Waals surface area contributed by atoms with E-state index in [2.05, 4.69) is 27.0 Å². The van der Waals surface area contributed by atoms with Crippen LogP contribution < -0.4 is 4.74 Å². The summed E-state index contributed by atoms with van der Waals surface area (Å²) in [4.78, 5) is 12.6. The van der Waals surface area contributed by atoms with E-state index in [1.807, 2.05) is 12.3 Å². The molecule has 0 aliphatic carbocycles. The molecule has 30 heavy (non-hydrogen) atoms. The van der Waals surface area contributed by atoms with E-state index in [0.717, 1.165) is 28.4 Å². The fourth-order valence-electron chi connectivity index (χ4n) is 4.11. The lowest BCUT2D eigenvalue weighted by molar-refractivity contribution is 0.334. The number of methoxy groups -OCH3 is 1. The zero-order valence-electron chi connectivity index (χ0n) is 16.5. The third-order valence-electron chi connectivity index (χ3n) is 5.56. The van der Waals surface area contributed by atoms with Gasteiger partial charge in [-0.15, -0.1) is 11.3 Å². The lowest BCUT2D eigenvalue weighted by atomic mass is 10.0. The molecule has 1 aliphatic rings. The second-order valence-electron chi connectivity index (χ2n) is 7.54. The maximum atomic E-state index is 14.2. The predicted octanol–water partition coefficient (Wildman–Crippen LogP) is 5.84. The molecule has 0 saturated carbocycles. The Morgan fingerprint density at radius 1 is 1.13 bits per heavy atom. The van der Waals surface area contributed by atoms with Crippen molar-refractivity contribution in [2.24, 2.45) is 0 Å². The Kier molecular flexibility index (Phi) is 5.00. The Morgan fingerprint density at radius 3 is 2.77 bits per heavy atom. The van der Waals surface area contributed by atoms with E-state index < -0.39 is 11.6 Å². The molecule has 1 fully saturated rings. The van der Waals surface area contributed by atoms with Gasteiger partial charge in [-0.05, 0) is 50.2 Å². The minimum atomic E-state index is -0.726. The summed E-state index contributed by atoms with van der Waals surface area (Å²) < 4.78 is 33.4. The Hall–Kier alpha value is -2.77. The average Bonchev–Trinajstić information content (AvgIpc) is 3.48. The van der Waals surface area contributed by atoms with Crippen molar-refractivity contribution < 1.29 is 13.5 Å². The molecule has 4 aromatic rings. The van der Waals surface area contributed by atoms with Gasteiger partial charge in [-0.3, -0.25) is 4.90 Å².